The van der Waals surface area contributed by atoms with Crippen molar-refractivity contribution < 1.29 is 19.5 Å². The number of halogens is 1. The average Bonchev–Trinajstić information content (AvgIpc) is 3.07. The summed E-state index contributed by atoms with van der Waals surface area (Å²) < 4.78 is 0. The van der Waals surface area contributed by atoms with E-state index >= 15 is 0 Å². The van der Waals surface area contributed by atoms with Gasteiger partial charge >= 0.3 is 0 Å². The molecule has 1 aliphatic heterocycles. The van der Waals surface area contributed by atoms with Crippen molar-refractivity contribution >= 4 is 35.0 Å². The predicted molar refractivity (Wildman–Crippen MR) is 119 cm³/mol. The van der Waals surface area contributed by atoms with Gasteiger partial charge in [0.1, 0.15) is 6.04 Å². The van der Waals surface area contributed by atoms with Crippen molar-refractivity contribution in [2.75, 3.05) is 19.0 Å². The monoisotopic (exact) mass is 447 g/mol. The average molecular weight is 448 g/mol. The number of nitrogens with one attached hydrogen (secondary N) is 2. The number of fused-ring (bicyclic) bond motifs is 1. The predicted octanol–water partition coefficient (Wildman–Crippen LogP) is 2.45. The molecular weight excluding hydrogens is 418 g/mol. The molecule has 6 atom stereocenters. The largest absolute Gasteiger partial charge is 0.394 e. The lowest BCUT2D eigenvalue weighted by Crippen LogP contribution is -2.50. The van der Waals surface area contributed by atoms with Crippen molar-refractivity contribution in [1.82, 2.24) is 10.2 Å². The molecule has 3 rings (SSSR count). The van der Waals surface area contributed by atoms with Gasteiger partial charge in [-0.2, -0.15) is 0 Å². The molecule has 1 heterocycles. The van der Waals surface area contributed by atoms with Crippen LogP contribution in [-0.2, 0) is 14.4 Å². The van der Waals surface area contributed by atoms with Crippen molar-refractivity contribution in [3.63, 3.8) is 0 Å². The lowest BCUT2D eigenvalue weighted by Gasteiger charge is -2.34. The SMILES string of the molecule is CC[C@@H](CO)N1C(=O)[C@H]2[C@H](C=C[C@@H](CC)[C@H]2C(=O)NC)[C@H]1C(=O)Nc1ccc(Cl)cc1. The Hall–Kier alpha value is -2.38. The Morgan fingerprint density at radius 2 is 1.84 bits per heavy atom. The zero-order valence-electron chi connectivity index (χ0n) is 18.0. The first-order chi connectivity index (χ1) is 14.9. The molecule has 31 heavy (non-hydrogen) atoms. The minimum Gasteiger partial charge on any atom is -0.394 e. The second kappa shape index (κ2) is 9.83. The Morgan fingerprint density at radius 1 is 1.16 bits per heavy atom. The first-order valence-corrected chi connectivity index (χ1v) is 11.1. The van der Waals surface area contributed by atoms with E-state index < -0.39 is 29.8 Å². The fourth-order valence-electron chi connectivity index (χ4n) is 4.92. The molecule has 168 valence electrons. The molecule has 0 bridgehead atoms. The zero-order chi connectivity index (χ0) is 22.7. The number of allylic oxidation sites excluding steroid dienone is 1. The Kier molecular flexibility index (Phi) is 7.38. The topological polar surface area (TPSA) is 98.7 Å². The van der Waals surface area contributed by atoms with E-state index in [-0.39, 0.29) is 30.2 Å². The van der Waals surface area contributed by atoms with Crippen molar-refractivity contribution in [2.45, 2.75) is 38.8 Å². The second-order valence-electron chi connectivity index (χ2n) is 8.13. The lowest BCUT2D eigenvalue weighted by molar-refractivity contribution is -0.142. The fraction of sp³-hybridized carbons (Fsp3) is 0.522. The van der Waals surface area contributed by atoms with E-state index in [0.29, 0.717) is 23.6 Å². The summed E-state index contributed by atoms with van der Waals surface area (Å²) in [4.78, 5) is 41.3. The lowest BCUT2D eigenvalue weighted by atomic mass is 9.69. The van der Waals surface area contributed by atoms with Crippen molar-refractivity contribution in [3.8, 4) is 0 Å². The summed E-state index contributed by atoms with van der Waals surface area (Å²) >= 11 is 5.93. The van der Waals surface area contributed by atoms with Crippen LogP contribution in [-0.4, -0.2) is 53.5 Å². The van der Waals surface area contributed by atoms with Crippen LogP contribution < -0.4 is 10.6 Å². The van der Waals surface area contributed by atoms with E-state index in [1.54, 1.807) is 31.3 Å². The van der Waals surface area contributed by atoms with E-state index in [1.807, 2.05) is 26.0 Å². The molecule has 0 radical (unpaired) electrons. The first-order valence-electron chi connectivity index (χ1n) is 10.8. The number of rotatable bonds is 7. The van der Waals surface area contributed by atoms with E-state index in [2.05, 4.69) is 10.6 Å². The number of carbonyl (C=O) groups is 3. The standard InChI is InChI=1S/C23H30ClN3O4/c1-4-13-6-11-17-19(18(13)21(29)25-3)23(31)27(16(5-2)12-28)20(17)22(30)26-15-9-7-14(24)8-10-15/h6-11,13,16-20,28H,4-5,12H2,1-3H3,(H,25,29)(H,26,30)/t13-,16+,17+,18-,19+,20+/m1/s1. The Balaban J connectivity index is 2.01. The molecule has 7 nitrogen and oxygen atoms in total. The molecule has 3 N–H and O–H groups in total. The maximum atomic E-state index is 13.6. The second-order valence-corrected chi connectivity index (χ2v) is 8.57. The van der Waals surface area contributed by atoms with Gasteiger partial charge in [0, 0.05) is 23.7 Å². The summed E-state index contributed by atoms with van der Waals surface area (Å²) in [5.41, 5.74) is 0.566. The third-order valence-electron chi connectivity index (χ3n) is 6.52. The van der Waals surface area contributed by atoms with Gasteiger partial charge in [-0.25, -0.2) is 0 Å². The van der Waals surface area contributed by atoms with Gasteiger partial charge in [0.05, 0.1) is 24.5 Å². The van der Waals surface area contributed by atoms with E-state index in [1.165, 1.54) is 4.90 Å². The highest BCUT2D eigenvalue weighted by Gasteiger charge is 2.58. The van der Waals surface area contributed by atoms with E-state index in [0.717, 1.165) is 0 Å². The minimum atomic E-state index is -0.813. The van der Waals surface area contributed by atoms with Crippen LogP contribution in [0, 0.1) is 23.7 Å². The molecule has 0 aromatic heterocycles. The molecule has 8 heteroatoms. The highest BCUT2D eigenvalue weighted by molar-refractivity contribution is 6.30. The Morgan fingerprint density at radius 3 is 2.39 bits per heavy atom. The number of aliphatic hydroxyl groups is 1. The summed E-state index contributed by atoms with van der Waals surface area (Å²) in [7, 11) is 1.56. The number of amides is 3. The minimum absolute atomic E-state index is 0.0840. The number of hydrogen-bond acceptors (Lipinski definition) is 4. The normalized spacial score (nSPS) is 28.2. The van der Waals surface area contributed by atoms with Crippen LogP contribution in [0.15, 0.2) is 36.4 Å². The summed E-state index contributed by atoms with van der Waals surface area (Å²) in [6.07, 6.45) is 5.08. The third kappa shape index (κ3) is 4.34. The number of likely N-dealkylation sites (tertiary alicyclic amines) is 1. The Bertz CT molecular complexity index is 853. The van der Waals surface area contributed by atoms with Crippen LogP contribution in [0.25, 0.3) is 0 Å². The van der Waals surface area contributed by atoms with Crippen molar-refractivity contribution in [2.24, 2.45) is 23.7 Å². The van der Waals surface area contributed by atoms with Crippen LogP contribution in [0.5, 0.6) is 0 Å². The molecule has 1 aromatic carbocycles. The van der Waals surface area contributed by atoms with Gasteiger partial charge in [-0.15, -0.1) is 0 Å². The van der Waals surface area contributed by atoms with E-state index in [9.17, 15) is 19.5 Å². The maximum absolute atomic E-state index is 13.6. The van der Waals surface area contributed by atoms with Crippen molar-refractivity contribution in [3.05, 3.63) is 41.4 Å². The summed E-state index contributed by atoms with van der Waals surface area (Å²) in [6.45, 7) is 3.60. The number of anilines is 1. The number of hydrogen-bond donors (Lipinski definition) is 3. The number of benzene rings is 1. The molecule has 1 fully saturated rings. The molecule has 1 saturated heterocycles. The molecule has 0 spiro atoms. The quantitative estimate of drug-likeness (QED) is 0.559. The van der Waals surface area contributed by atoms with Gasteiger partial charge in [0.2, 0.25) is 17.7 Å². The number of nitrogens with zero attached hydrogens (tertiary/aromatic N) is 1. The van der Waals surface area contributed by atoms with Crippen LogP contribution in [0.4, 0.5) is 5.69 Å². The molecule has 2 aliphatic rings. The van der Waals surface area contributed by atoms with Crippen molar-refractivity contribution in [1.29, 1.82) is 0 Å². The fourth-order valence-corrected chi connectivity index (χ4v) is 5.04. The van der Waals surface area contributed by atoms with Gasteiger partial charge < -0.3 is 20.6 Å². The Labute approximate surface area is 187 Å². The molecule has 1 aromatic rings. The van der Waals surface area contributed by atoms with Gasteiger partial charge in [0.25, 0.3) is 0 Å². The van der Waals surface area contributed by atoms with Crippen LogP contribution in [0.2, 0.25) is 5.02 Å². The number of carbonyl (C=O) groups excluding carboxylic acids is 3. The molecule has 3 amide bonds. The smallest absolute Gasteiger partial charge is 0.247 e. The summed E-state index contributed by atoms with van der Waals surface area (Å²) in [5.74, 6) is -2.52. The zero-order valence-corrected chi connectivity index (χ0v) is 18.8. The maximum Gasteiger partial charge on any atom is 0.247 e. The van der Waals surface area contributed by atoms with Gasteiger partial charge in [-0.05, 0) is 43.0 Å². The third-order valence-corrected chi connectivity index (χ3v) is 6.78. The van der Waals surface area contributed by atoms with Gasteiger partial charge in [-0.1, -0.05) is 37.6 Å². The molecule has 0 saturated carbocycles. The highest BCUT2D eigenvalue weighted by atomic mass is 35.5. The van der Waals surface area contributed by atoms with E-state index in [4.69, 9.17) is 11.6 Å². The number of aliphatic hydroxyl groups excluding tert-OH is 1. The van der Waals surface area contributed by atoms with Gasteiger partial charge in [-0.3, -0.25) is 14.4 Å². The highest BCUT2D eigenvalue weighted by Crippen LogP contribution is 2.46. The molecular formula is C23H30ClN3O4. The molecule has 1 aliphatic carbocycles. The van der Waals surface area contributed by atoms with Crippen LogP contribution in [0.3, 0.4) is 0 Å². The van der Waals surface area contributed by atoms with Crippen LogP contribution in [0.1, 0.15) is 26.7 Å². The summed E-state index contributed by atoms with van der Waals surface area (Å²) in [6, 6.07) is 5.42. The van der Waals surface area contributed by atoms with Crippen LogP contribution >= 0.6 is 11.6 Å². The molecule has 0 unspecified atom stereocenters. The first kappa shape index (κ1) is 23.3. The van der Waals surface area contributed by atoms with Gasteiger partial charge in [0.15, 0.2) is 0 Å². The summed E-state index contributed by atoms with van der Waals surface area (Å²) in [5, 5.41) is 16.1.